The molecular formula is C69H111N3O4. The molecule has 0 N–H and O–H groups in total. The van der Waals surface area contributed by atoms with Crippen molar-refractivity contribution in [2.24, 2.45) is 92.7 Å². The Hall–Kier alpha value is -2.74. The Kier molecular flexibility index (Phi) is 19.2. The van der Waals surface area contributed by atoms with Crippen LogP contribution in [0.2, 0.25) is 0 Å². The average molecular weight is 1050 g/mol. The summed E-state index contributed by atoms with van der Waals surface area (Å²) in [7, 11) is 6.40. The topological polar surface area (TPSA) is 62.3 Å². The van der Waals surface area contributed by atoms with Gasteiger partial charge in [-0.2, -0.15) is 0 Å². The second-order valence-electron chi connectivity index (χ2n) is 29.0. The zero-order chi connectivity index (χ0) is 54.9. The molecule has 7 nitrogen and oxygen atoms in total. The normalized spacial score (nSPS) is 36.7. The maximum Gasteiger partial charge on any atom is 0.307 e. The molecule has 16 atom stereocenters. The molecule has 0 aliphatic heterocycles. The number of ether oxygens (including phenoxy) is 2. The molecule has 6 fully saturated rings. The molecule has 0 bridgehead atoms. The van der Waals surface area contributed by atoms with Crippen LogP contribution in [0.15, 0.2) is 70.9 Å². The highest BCUT2D eigenvalue weighted by Gasteiger charge is 2.59. The summed E-state index contributed by atoms with van der Waals surface area (Å²) in [5.41, 5.74) is 7.67. The van der Waals surface area contributed by atoms with E-state index in [1.165, 1.54) is 62.5 Å². The van der Waals surface area contributed by atoms with Gasteiger partial charge in [0.05, 0.1) is 12.8 Å². The summed E-state index contributed by atoms with van der Waals surface area (Å²) in [5, 5.41) is 0. The van der Waals surface area contributed by atoms with Crippen LogP contribution in [0.5, 0.6) is 0 Å². The summed E-state index contributed by atoms with van der Waals surface area (Å²) < 4.78 is 12.4. The number of esters is 2. The van der Waals surface area contributed by atoms with E-state index >= 15 is 0 Å². The summed E-state index contributed by atoms with van der Waals surface area (Å²) in [6.45, 7) is 34.4. The third-order valence-corrected chi connectivity index (χ3v) is 23.7. The number of hydrogen-bond acceptors (Lipinski definition) is 7. The molecule has 8 rings (SSSR count). The van der Waals surface area contributed by atoms with E-state index in [1.807, 2.05) is 0 Å². The molecule has 0 spiro atoms. The number of carbonyl (C=O) groups is 2. The van der Waals surface area contributed by atoms with Crippen LogP contribution in [-0.2, 0) is 19.1 Å². The minimum atomic E-state index is -0.0588. The van der Waals surface area contributed by atoms with Crippen molar-refractivity contribution in [1.82, 2.24) is 14.7 Å². The Bertz CT molecular complexity index is 2070. The molecule has 76 heavy (non-hydrogen) atoms. The predicted molar refractivity (Wildman–Crippen MR) is 316 cm³/mol. The smallest absolute Gasteiger partial charge is 0.307 e. The molecule has 7 heteroatoms. The lowest BCUT2D eigenvalue weighted by atomic mass is 9.50. The van der Waals surface area contributed by atoms with Crippen molar-refractivity contribution in [3.05, 3.63) is 70.9 Å². The van der Waals surface area contributed by atoms with Gasteiger partial charge in [0, 0.05) is 52.1 Å². The van der Waals surface area contributed by atoms with Gasteiger partial charge in [0.1, 0.15) is 12.2 Å². The lowest BCUT2D eigenvalue weighted by Crippen LogP contribution is -2.46. The molecule has 6 saturated carbocycles. The van der Waals surface area contributed by atoms with Gasteiger partial charge in [-0.05, 0) is 191 Å². The van der Waals surface area contributed by atoms with E-state index in [0.29, 0.717) is 95.9 Å². The van der Waals surface area contributed by atoms with E-state index in [9.17, 15) is 9.59 Å². The standard InChI is InChI=1S/C69H111N3O4/c1-46(2)48(5)16-18-50(7)58-24-26-60-56-22-20-52-44-54(28-34-66(52,9)62(56)30-36-68(58,60)11)75-64(73)32-38-70(13)40-42-72(15)43-41-71(14)39-33-65(74)76-55-29-35-67(10)53(45-55)21-23-57-61-27-25-59(69(61,12)37-31-63(57)67)51(8)19-17-49(6)47(3)4/h16-23,46-51,54-55,58-63H,24-45H2,1-15H3/b18-16+,19-17+. The van der Waals surface area contributed by atoms with Gasteiger partial charge in [0.15, 0.2) is 0 Å². The average Bonchev–Trinajstić information content (AvgIpc) is 3.97. The van der Waals surface area contributed by atoms with Gasteiger partial charge < -0.3 is 24.2 Å². The Balaban J connectivity index is 0.707. The van der Waals surface area contributed by atoms with Gasteiger partial charge in [-0.15, -0.1) is 0 Å². The van der Waals surface area contributed by atoms with E-state index < -0.39 is 0 Å². The molecule has 426 valence electrons. The number of carbonyl (C=O) groups excluding carboxylic acids is 2. The first kappa shape index (κ1) is 59.4. The molecule has 0 amide bonds. The van der Waals surface area contributed by atoms with Gasteiger partial charge in [-0.25, -0.2) is 0 Å². The Labute approximate surface area is 465 Å². The second kappa shape index (κ2) is 24.5. The first-order valence-corrected chi connectivity index (χ1v) is 31.6. The van der Waals surface area contributed by atoms with Gasteiger partial charge in [0.25, 0.3) is 0 Å². The fourth-order valence-corrected chi connectivity index (χ4v) is 17.4. The van der Waals surface area contributed by atoms with E-state index in [2.05, 4.69) is 168 Å². The molecule has 8 aliphatic rings. The third kappa shape index (κ3) is 12.6. The van der Waals surface area contributed by atoms with Gasteiger partial charge in [0.2, 0.25) is 0 Å². The SMILES string of the molecule is CC(C)C(C)/C=C/C(C)C1CCC2C3=CC=C4CC(OC(=O)CCN(C)CCN(C)CCN(C)CCC(=O)OC5CCC6(C)C(=CC=C7C6CCC6(C)C7CCC6C(C)/C=C/C(C)C(C)C)C5)CCC4(C)C3CCC21C. The molecule has 0 heterocycles. The zero-order valence-corrected chi connectivity index (χ0v) is 51.2. The van der Waals surface area contributed by atoms with Crippen molar-refractivity contribution in [3.8, 4) is 0 Å². The molecule has 0 aromatic heterocycles. The predicted octanol–water partition coefficient (Wildman–Crippen LogP) is 15.4. The number of allylic oxidation sites excluding steroid dienone is 10. The Morgan fingerprint density at radius 2 is 0.855 bits per heavy atom. The van der Waals surface area contributed by atoms with Gasteiger partial charge in [-0.1, -0.05) is 154 Å². The summed E-state index contributed by atoms with van der Waals surface area (Å²) in [4.78, 5) is 33.4. The van der Waals surface area contributed by atoms with Crippen molar-refractivity contribution in [3.63, 3.8) is 0 Å². The fraction of sp³-hybridized carbons (Fsp3) is 0.797. The van der Waals surface area contributed by atoms with E-state index in [0.717, 1.165) is 76.5 Å². The number of likely N-dealkylation sites (N-methyl/N-ethyl adjacent to an activating group) is 3. The zero-order valence-electron chi connectivity index (χ0n) is 51.2. The first-order valence-electron chi connectivity index (χ1n) is 31.6. The molecule has 0 saturated heterocycles. The second-order valence-corrected chi connectivity index (χ2v) is 29.0. The van der Waals surface area contributed by atoms with E-state index in [-0.39, 0.29) is 35.0 Å². The van der Waals surface area contributed by atoms with E-state index in [4.69, 9.17) is 9.47 Å². The quantitative estimate of drug-likeness (QED) is 0.0791. The number of fused-ring (bicyclic) bond motifs is 10. The molecule has 0 aromatic rings. The minimum Gasteiger partial charge on any atom is -0.462 e. The summed E-state index contributed by atoms with van der Waals surface area (Å²) >= 11 is 0. The number of rotatable bonds is 22. The van der Waals surface area contributed by atoms with Crippen molar-refractivity contribution in [2.45, 2.75) is 198 Å². The van der Waals surface area contributed by atoms with Crippen LogP contribution >= 0.6 is 0 Å². The van der Waals surface area contributed by atoms with Crippen LogP contribution in [0.4, 0.5) is 0 Å². The highest BCUT2D eigenvalue weighted by atomic mass is 16.5. The van der Waals surface area contributed by atoms with Crippen LogP contribution in [-0.4, -0.2) is 99.3 Å². The van der Waals surface area contributed by atoms with Crippen LogP contribution in [0.1, 0.15) is 186 Å². The number of hydrogen-bond donors (Lipinski definition) is 0. The van der Waals surface area contributed by atoms with Gasteiger partial charge >= 0.3 is 11.9 Å². The van der Waals surface area contributed by atoms with Crippen molar-refractivity contribution < 1.29 is 19.1 Å². The van der Waals surface area contributed by atoms with Crippen LogP contribution < -0.4 is 0 Å². The Morgan fingerprint density at radius 3 is 1.22 bits per heavy atom. The monoisotopic (exact) mass is 1050 g/mol. The molecule has 8 aliphatic carbocycles. The fourth-order valence-electron chi connectivity index (χ4n) is 17.4. The maximum absolute atomic E-state index is 13.3. The van der Waals surface area contributed by atoms with E-state index in [1.54, 1.807) is 11.1 Å². The van der Waals surface area contributed by atoms with Crippen molar-refractivity contribution in [1.29, 1.82) is 0 Å². The highest BCUT2D eigenvalue weighted by Crippen LogP contribution is 2.68. The molecule has 0 radical (unpaired) electrons. The molecule has 16 unspecified atom stereocenters. The highest BCUT2D eigenvalue weighted by molar-refractivity contribution is 5.70. The van der Waals surface area contributed by atoms with Crippen molar-refractivity contribution >= 4 is 11.9 Å². The third-order valence-electron chi connectivity index (χ3n) is 23.7. The van der Waals surface area contributed by atoms with Crippen LogP contribution in [0.25, 0.3) is 0 Å². The maximum atomic E-state index is 13.3. The van der Waals surface area contributed by atoms with Crippen molar-refractivity contribution in [2.75, 3.05) is 60.4 Å². The summed E-state index contributed by atoms with van der Waals surface area (Å²) in [6.07, 6.45) is 37.4. The van der Waals surface area contributed by atoms with Crippen LogP contribution in [0.3, 0.4) is 0 Å². The Morgan fingerprint density at radius 1 is 0.487 bits per heavy atom. The lowest BCUT2D eigenvalue weighted by Gasteiger charge is -2.55. The summed E-state index contributed by atoms with van der Waals surface area (Å²) in [5.74, 6) is 7.94. The van der Waals surface area contributed by atoms with Gasteiger partial charge in [-0.3, -0.25) is 9.59 Å². The number of nitrogens with zero attached hydrogens (tertiary/aromatic N) is 3. The minimum absolute atomic E-state index is 0.0122. The molecule has 0 aromatic carbocycles. The summed E-state index contributed by atoms with van der Waals surface area (Å²) in [6, 6.07) is 0. The molecular weight excluding hydrogens is 935 g/mol. The first-order chi connectivity index (χ1) is 36.0. The lowest BCUT2D eigenvalue weighted by molar-refractivity contribution is -0.152. The van der Waals surface area contributed by atoms with Crippen LogP contribution in [0, 0.1) is 92.7 Å². The largest absolute Gasteiger partial charge is 0.462 e.